The zero-order chi connectivity index (χ0) is 15.7. The van der Waals surface area contributed by atoms with Crippen LogP contribution in [0, 0.1) is 11.8 Å². The van der Waals surface area contributed by atoms with E-state index in [0.29, 0.717) is 22.5 Å². The van der Waals surface area contributed by atoms with Gasteiger partial charge in [-0.25, -0.2) is 0 Å². The molecule has 0 aliphatic heterocycles. The van der Waals surface area contributed by atoms with Gasteiger partial charge in [-0.15, -0.1) is 6.58 Å². The van der Waals surface area contributed by atoms with Crippen molar-refractivity contribution >= 4 is 8.32 Å². The van der Waals surface area contributed by atoms with Crippen LogP contribution in [-0.2, 0) is 4.43 Å². The van der Waals surface area contributed by atoms with E-state index in [1.54, 1.807) is 0 Å². The summed E-state index contributed by atoms with van der Waals surface area (Å²) in [5.74, 6) is 0.504. The topological polar surface area (TPSA) is 29.5 Å². The van der Waals surface area contributed by atoms with Gasteiger partial charge in [0.05, 0.1) is 12.2 Å². The fourth-order valence-corrected chi connectivity index (χ4v) is 10.1. The molecule has 118 valence electrons. The fourth-order valence-electron chi connectivity index (χ4n) is 4.40. The number of rotatable bonds is 6. The molecule has 0 spiro atoms. The summed E-state index contributed by atoms with van der Waals surface area (Å²) in [6.07, 6.45) is 2.59. The first kappa shape index (κ1) is 17.9. The van der Waals surface area contributed by atoms with Crippen molar-refractivity contribution in [3.05, 3.63) is 12.7 Å². The van der Waals surface area contributed by atoms with Gasteiger partial charge < -0.3 is 9.53 Å². The quantitative estimate of drug-likeness (QED) is 0.566. The molecule has 3 heteroatoms. The van der Waals surface area contributed by atoms with Gasteiger partial charge in [-0.05, 0) is 29.0 Å². The van der Waals surface area contributed by atoms with E-state index in [2.05, 4.69) is 55.0 Å². The van der Waals surface area contributed by atoms with Crippen molar-refractivity contribution in [1.82, 2.24) is 0 Å². The van der Waals surface area contributed by atoms with Gasteiger partial charge in [0.2, 0.25) is 8.32 Å². The third-order valence-corrected chi connectivity index (χ3v) is 11.4. The van der Waals surface area contributed by atoms with E-state index < -0.39 is 8.32 Å². The van der Waals surface area contributed by atoms with Crippen molar-refractivity contribution in [3.63, 3.8) is 0 Å². The maximum Gasteiger partial charge on any atom is 0.200 e. The summed E-state index contributed by atoms with van der Waals surface area (Å²) >= 11 is 0. The minimum absolute atomic E-state index is 0.0909. The van der Waals surface area contributed by atoms with Gasteiger partial charge in [-0.2, -0.15) is 0 Å². The standard InChI is InChI=1S/C17H34O2Si/c1-9-15-16(18)10-14(8)17(15)19-20(11(2)3,12(4)5)13(6)7/h9,11-18H,1,10H2,2-8H3/t14-,15+,16-,17+/m1/s1. The molecule has 1 fully saturated rings. The van der Waals surface area contributed by atoms with Crippen LogP contribution in [0.5, 0.6) is 0 Å². The minimum Gasteiger partial charge on any atom is -0.412 e. The van der Waals surface area contributed by atoms with Crippen LogP contribution in [0.2, 0.25) is 16.6 Å². The molecule has 1 N–H and O–H groups in total. The number of aliphatic hydroxyl groups excluding tert-OH is 1. The molecule has 2 nitrogen and oxygen atoms in total. The summed E-state index contributed by atoms with van der Waals surface area (Å²) in [7, 11) is -1.88. The van der Waals surface area contributed by atoms with E-state index in [-0.39, 0.29) is 18.1 Å². The predicted octanol–water partition coefficient (Wildman–Crippen LogP) is 4.75. The van der Waals surface area contributed by atoms with Crippen LogP contribution < -0.4 is 0 Å². The van der Waals surface area contributed by atoms with Gasteiger partial charge in [0.1, 0.15) is 0 Å². The molecule has 1 aliphatic carbocycles. The molecule has 20 heavy (non-hydrogen) atoms. The first-order valence-corrected chi connectivity index (χ1v) is 10.3. The number of hydrogen-bond acceptors (Lipinski definition) is 2. The van der Waals surface area contributed by atoms with Crippen LogP contribution in [0.15, 0.2) is 12.7 Å². The first-order chi connectivity index (χ1) is 9.18. The second-order valence-corrected chi connectivity index (χ2v) is 12.9. The maximum atomic E-state index is 10.2. The van der Waals surface area contributed by atoms with E-state index >= 15 is 0 Å². The molecular weight excluding hydrogens is 264 g/mol. The molecule has 1 saturated carbocycles. The van der Waals surface area contributed by atoms with E-state index in [1.165, 1.54) is 0 Å². The molecule has 0 bridgehead atoms. The summed E-state index contributed by atoms with van der Waals surface area (Å²) in [5, 5.41) is 10.2. The highest BCUT2D eigenvalue weighted by Gasteiger charge is 2.50. The molecule has 0 radical (unpaired) electrons. The molecule has 4 atom stereocenters. The monoisotopic (exact) mass is 298 g/mol. The lowest BCUT2D eigenvalue weighted by Crippen LogP contribution is -2.51. The summed E-state index contributed by atoms with van der Waals surface area (Å²) in [5.41, 5.74) is 1.74. The largest absolute Gasteiger partial charge is 0.412 e. The lowest BCUT2D eigenvalue weighted by atomic mass is 10.0. The number of hydrogen-bond donors (Lipinski definition) is 1. The van der Waals surface area contributed by atoms with Gasteiger partial charge in [0.25, 0.3) is 0 Å². The minimum atomic E-state index is -1.88. The Bertz CT molecular complexity index is 303. The van der Waals surface area contributed by atoms with Crippen molar-refractivity contribution in [2.75, 3.05) is 0 Å². The highest BCUT2D eigenvalue weighted by molar-refractivity contribution is 6.77. The number of aliphatic hydroxyl groups is 1. The Morgan fingerprint density at radius 3 is 1.90 bits per heavy atom. The van der Waals surface area contributed by atoms with Gasteiger partial charge in [0, 0.05) is 5.92 Å². The summed E-state index contributed by atoms with van der Waals surface area (Å²) < 4.78 is 6.88. The summed E-state index contributed by atoms with van der Waals surface area (Å²) in [6, 6.07) is 0. The van der Waals surface area contributed by atoms with Crippen LogP contribution in [0.1, 0.15) is 54.9 Å². The van der Waals surface area contributed by atoms with Crippen molar-refractivity contribution in [3.8, 4) is 0 Å². The molecular formula is C17H34O2Si. The predicted molar refractivity (Wildman–Crippen MR) is 89.4 cm³/mol. The summed E-state index contributed by atoms with van der Waals surface area (Å²) in [4.78, 5) is 0. The molecule has 0 aromatic carbocycles. The van der Waals surface area contributed by atoms with Gasteiger partial charge in [-0.3, -0.25) is 0 Å². The second-order valence-electron chi connectivity index (χ2n) is 7.49. The average molecular weight is 299 g/mol. The Balaban J connectivity index is 3.09. The normalized spacial score (nSPS) is 31.6. The van der Waals surface area contributed by atoms with Crippen LogP contribution in [0.25, 0.3) is 0 Å². The van der Waals surface area contributed by atoms with Crippen LogP contribution >= 0.6 is 0 Å². The fraction of sp³-hybridized carbons (Fsp3) is 0.882. The molecule has 0 heterocycles. The molecule has 1 aliphatic rings. The van der Waals surface area contributed by atoms with E-state index in [4.69, 9.17) is 4.43 Å². The zero-order valence-corrected chi connectivity index (χ0v) is 15.4. The van der Waals surface area contributed by atoms with Crippen molar-refractivity contribution < 1.29 is 9.53 Å². The van der Waals surface area contributed by atoms with Gasteiger partial charge in [-0.1, -0.05) is 54.5 Å². The molecule has 0 aromatic rings. The van der Waals surface area contributed by atoms with Gasteiger partial charge in [0.15, 0.2) is 0 Å². The Hall–Kier alpha value is -0.123. The Kier molecular flexibility index (Phi) is 6.06. The molecule has 0 saturated heterocycles. The Morgan fingerprint density at radius 2 is 1.55 bits per heavy atom. The third-order valence-electron chi connectivity index (χ3n) is 5.32. The average Bonchev–Trinajstić information content (AvgIpc) is 2.58. The molecule has 0 unspecified atom stereocenters. The first-order valence-electron chi connectivity index (χ1n) is 8.16. The van der Waals surface area contributed by atoms with Crippen molar-refractivity contribution in [2.24, 2.45) is 11.8 Å². The van der Waals surface area contributed by atoms with Crippen molar-refractivity contribution in [1.29, 1.82) is 0 Å². The highest BCUT2D eigenvalue weighted by Crippen LogP contribution is 2.47. The molecule has 0 amide bonds. The van der Waals surface area contributed by atoms with Gasteiger partial charge >= 0.3 is 0 Å². The highest BCUT2D eigenvalue weighted by atomic mass is 28.4. The Morgan fingerprint density at radius 1 is 1.10 bits per heavy atom. The third kappa shape index (κ3) is 3.05. The zero-order valence-electron chi connectivity index (χ0n) is 14.4. The lowest BCUT2D eigenvalue weighted by molar-refractivity contribution is 0.0850. The second kappa shape index (κ2) is 6.76. The molecule has 1 rings (SSSR count). The smallest absolute Gasteiger partial charge is 0.200 e. The van der Waals surface area contributed by atoms with Crippen LogP contribution in [-0.4, -0.2) is 25.6 Å². The summed E-state index contributed by atoms with van der Waals surface area (Å²) in [6.45, 7) is 20.0. The molecule has 0 aromatic heterocycles. The van der Waals surface area contributed by atoms with E-state index in [1.807, 2.05) is 6.08 Å². The van der Waals surface area contributed by atoms with Crippen LogP contribution in [0.3, 0.4) is 0 Å². The van der Waals surface area contributed by atoms with E-state index in [9.17, 15) is 5.11 Å². The Labute approximate surface area is 126 Å². The maximum absolute atomic E-state index is 10.2. The lowest BCUT2D eigenvalue weighted by Gasteiger charge is -2.45. The van der Waals surface area contributed by atoms with E-state index in [0.717, 1.165) is 6.42 Å². The van der Waals surface area contributed by atoms with Crippen LogP contribution in [0.4, 0.5) is 0 Å². The SMILES string of the molecule is C=C[C@@H]1[C@@H](O[Si](C(C)C)(C(C)C)C(C)C)[C@H](C)C[C@H]1O. The van der Waals surface area contributed by atoms with Crippen molar-refractivity contribution in [2.45, 2.75) is 83.7 Å².